The van der Waals surface area contributed by atoms with Gasteiger partial charge in [0, 0.05) is 12.8 Å². The van der Waals surface area contributed by atoms with E-state index in [2.05, 4.69) is 0 Å². The van der Waals surface area contributed by atoms with Gasteiger partial charge in [-0.1, -0.05) is 13.8 Å². The Morgan fingerprint density at radius 2 is 1.80 bits per heavy atom. The number of hydrogen-bond acceptors (Lipinski definition) is 5. The second kappa shape index (κ2) is 5.61. The Morgan fingerprint density at radius 1 is 1.25 bits per heavy atom. The van der Waals surface area contributed by atoms with E-state index in [4.69, 9.17) is 0 Å². The molecule has 1 atom stereocenters. The van der Waals surface area contributed by atoms with Crippen LogP contribution in [0, 0.1) is 5.41 Å². The highest BCUT2D eigenvalue weighted by Gasteiger charge is 2.47. The summed E-state index contributed by atoms with van der Waals surface area (Å²) in [6, 6.07) is -1.15. The van der Waals surface area contributed by atoms with E-state index in [1.807, 2.05) is 0 Å². The maximum atomic E-state index is 12.2. The van der Waals surface area contributed by atoms with Crippen LogP contribution in [0.2, 0.25) is 0 Å². The van der Waals surface area contributed by atoms with Crippen molar-refractivity contribution in [2.75, 3.05) is 24.3 Å². The van der Waals surface area contributed by atoms with Gasteiger partial charge in [-0.3, -0.25) is 4.79 Å². The van der Waals surface area contributed by atoms with Gasteiger partial charge in [0.05, 0.1) is 11.5 Å². The molecule has 1 heterocycles. The molecule has 1 unspecified atom stereocenters. The minimum absolute atomic E-state index is 0.118. The first-order chi connectivity index (χ1) is 8.87. The summed E-state index contributed by atoms with van der Waals surface area (Å²) in [5, 5.41) is 9.31. The fourth-order valence-electron chi connectivity index (χ4n) is 2.48. The summed E-state index contributed by atoms with van der Waals surface area (Å²) in [5.74, 6) is -2.28. The van der Waals surface area contributed by atoms with Crippen molar-refractivity contribution in [1.82, 2.24) is 4.31 Å². The summed E-state index contributed by atoms with van der Waals surface area (Å²) >= 11 is 0. The summed E-state index contributed by atoms with van der Waals surface area (Å²) in [5.41, 5.74) is -0.678. The maximum absolute atomic E-state index is 12.2. The molecule has 0 aromatic heterocycles. The molecule has 1 rings (SSSR count). The molecule has 0 spiro atoms. The first-order valence-corrected chi connectivity index (χ1v) is 9.94. The van der Waals surface area contributed by atoms with Gasteiger partial charge >= 0.3 is 5.97 Å². The number of sulfone groups is 1. The van der Waals surface area contributed by atoms with Crippen molar-refractivity contribution >= 4 is 25.8 Å². The average Bonchev–Trinajstić information content (AvgIpc) is 2.23. The topological polar surface area (TPSA) is 109 Å². The van der Waals surface area contributed by atoms with E-state index in [1.165, 1.54) is 0 Å². The molecule has 1 N–H and O–H groups in total. The molecule has 9 heteroatoms. The lowest BCUT2D eigenvalue weighted by atomic mass is 9.77. The SMILES string of the molecule is CC1(C)CCCN(S(=O)(=O)CCS(C)(=O)=O)C1C(=O)O. The van der Waals surface area contributed by atoms with Gasteiger partial charge < -0.3 is 5.11 Å². The van der Waals surface area contributed by atoms with Gasteiger partial charge in [0.25, 0.3) is 0 Å². The zero-order valence-corrected chi connectivity index (χ0v) is 13.5. The lowest BCUT2D eigenvalue weighted by molar-refractivity contribution is -0.147. The normalized spacial score (nSPS) is 24.4. The van der Waals surface area contributed by atoms with Gasteiger partial charge in [-0.2, -0.15) is 4.31 Å². The monoisotopic (exact) mass is 327 g/mol. The largest absolute Gasteiger partial charge is 0.480 e. The molecule has 1 aliphatic rings. The first-order valence-electron chi connectivity index (χ1n) is 6.27. The third-order valence-electron chi connectivity index (χ3n) is 3.53. The highest BCUT2D eigenvalue weighted by atomic mass is 32.2. The smallest absolute Gasteiger partial charge is 0.322 e. The van der Waals surface area contributed by atoms with E-state index in [1.54, 1.807) is 13.8 Å². The Hall–Kier alpha value is -0.670. The molecule has 118 valence electrons. The standard InChI is InChI=1S/C11H21NO6S2/c1-11(2)5-4-6-12(9(11)10(13)14)20(17,18)8-7-19(3,15)16/h9H,4-8H2,1-3H3,(H,13,14). The molecule has 7 nitrogen and oxygen atoms in total. The lowest BCUT2D eigenvalue weighted by Gasteiger charge is -2.43. The molecule has 0 aliphatic carbocycles. The molecule has 1 aliphatic heterocycles. The lowest BCUT2D eigenvalue weighted by Crippen LogP contribution is -2.57. The number of nitrogens with zero attached hydrogens (tertiary/aromatic N) is 1. The van der Waals surface area contributed by atoms with Gasteiger partial charge in [-0.05, 0) is 18.3 Å². The predicted octanol–water partition coefficient (Wildman–Crippen LogP) is -0.0640. The Balaban J connectivity index is 3.05. The van der Waals surface area contributed by atoms with Crippen LogP contribution in [-0.4, -0.2) is 62.6 Å². The Morgan fingerprint density at radius 3 is 2.25 bits per heavy atom. The van der Waals surface area contributed by atoms with Gasteiger partial charge in [-0.15, -0.1) is 0 Å². The number of sulfonamides is 1. The van der Waals surface area contributed by atoms with Crippen molar-refractivity contribution in [3.8, 4) is 0 Å². The summed E-state index contributed by atoms with van der Waals surface area (Å²) < 4.78 is 47.6. The predicted molar refractivity (Wildman–Crippen MR) is 74.6 cm³/mol. The van der Waals surface area contributed by atoms with Crippen molar-refractivity contribution < 1.29 is 26.7 Å². The molecule has 0 aromatic rings. The Labute approximate surface area is 119 Å². The number of piperidine rings is 1. The molecule has 1 saturated heterocycles. The summed E-state index contributed by atoms with van der Waals surface area (Å²) in [6.07, 6.45) is 2.13. The van der Waals surface area contributed by atoms with E-state index >= 15 is 0 Å². The van der Waals surface area contributed by atoms with Crippen molar-refractivity contribution in [3.63, 3.8) is 0 Å². The molecule has 0 radical (unpaired) electrons. The zero-order chi connectivity index (χ0) is 15.8. The number of rotatable bonds is 5. The fraction of sp³-hybridized carbons (Fsp3) is 0.909. The van der Waals surface area contributed by atoms with Crippen LogP contribution >= 0.6 is 0 Å². The Bertz CT molecular complexity index is 578. The van der Waals surface area contributed by atoms with E-state index < -0.39 is 48.8 Å². The van der Waals surface area contributed by atoms with Gasteiger partial charge in [0.1, 0.15) is 15.9 Å². The van der Waals surface area contributed by atoms with Crippen molar-refractivity contribution in [2.24, 2.45) is 5.41 Å². The van der Waals surface area contributed by atoms with Crippen LogP contribution in [0.4, 0.5) is 0 Å². The number of hydrogen-bond donors (Lipinski definition) is 1. The first kappa shape index (κ1) is 17.4. The second-order valence-corrected chi connectivity index (χ2v) is 10.2. The number of carboxylic acids is 1. The van der Waals surface area contributed by atoms with Crippen LogP contribution in [-0.2, 0) is 24.7 Å². The Kier molecular flexibility index (Phi) is 4.87. The molecule has 20 heavy (non-hydrogen) atoms. The third kappa shape index (κ3) is 4.16. The molecule has 0 aromatic carbocycles. The molecule has 0 saturated carbocycles. The van der Waals surface area contributed by atoms with E-state index in [0.29, 0.717) is 12.8 Å². The minimum atomic E-state index is -3.91. The van der Waals surface area contributed by atoms with Crippen LogP contribution in [0.15, 0.2) is 0 Å². The number of carboxylic acid groups (broad SMARTS) is 1. The fourth-order valence-corrected chi connectivity index (χ4v) is 5.87. The number of aliphatic carboxylic acids is 1. The molecule has 0 bridgehead atoms. The summed E-state index contributed by atoms with van der Waals surface area (Å²) in [6.45, 7) is 3.54. The van der Waals surface area contributed by atoms with Crippen LogP contribution in [0.1, 0.15) is 26.7 Å². The number of carbonyl (C=O) groups is 1. The van der Waals surface area contributed by atoms with Crippen LogP contribution in [0.5, 0.6) is 0 Å². The maximum Gasteiger partial charge on any atom is 0.322 e. The van der Waals surface area contributed by atoms with Gasteiger partial charge in [0.15, 0.2) is 0 Å². The van der Waals surface area contributed by atoms with E-state index in [0.717, 1.165) is 10.6 Å². The van der Waals surface area contributed by atoms with Crippen LogP contribution < -0.4 is 0 Å². The highest BCUT2D eigenvalue weighted by molar-refractivity contribution is 7.93. The van der Waals surface area contributed by atoms with Crippen LogP contribution in [0.3, 0.4) is 0 Å². The third-order valence-corrected chi connectivity index (χ3v) is 6.56. The molecule has 1 fully saturated rings. The van der Waals surface area contributed by atoms with E-state index in [-0.39, 0.29) is 6.54 Å². The van der Waals surface area contributed by atoms with Crippen molar-refractivity contribution in [2.45, 2.75) is 32.7 Å². The van der Waals surface area contributed by atoms with E-state index in [9.17, 15) is 26.7 Å². The molecular weight excluding hydrogens is 306 g/mol. The molecule has 0 amide bonds. The quantitative estimate of drug-likeness (QED) is 0.757. The average molecular weight is 327 g/mol. The summed E-state index contributed by atoms with van der Waals surface area (Å²) in [4.78, 5) is 11.4. The zero-order valence-electron chi connectivity index (χ0n) is 11.9. The second-order valence-electron chi connectivity index (χ2n) is 5.89. The summed E-state index contributed by atoms with van der Waals surface area (Å²) in [7, 11) is -7.32. The van der Waals surface area contributed by atoms with Crippen molar-refractivity contribution in [1.29, 1.82) is 0 Å². The van der Waals surface area contributed by atoms with Gasteiger partial charge in [0.2, 0.25) is 10.0 Å². The van der Waals surface area contributed by atoms with Gasteiger partial charge in [-0.25, -0.2) is 16.8 Å². The van der Waals surface area contributed by atoms with Crippen molar-refractivity contribution in [3.05, 3.63) is 0 Å². The minimum Gasteiger partial charge on any atom is -0.480 e. The molecular formula is C11H21NO6S2. The van der Waals surface area contributed by atoms with Crippen LogP contribution in [0.25, 0.3) is 0 Å². The highest BCUT2D eigenvalue weighted by Crippen LogP contribution is 2.36.